The molecular formula is C36H36FN3O3. The Kier molecular flexibility index (Phi) is 8.99. The molecule has 0 amide bonds. The smallest absolute Gasteiger partial charge is 0.231 e. The molecule has 220 valence electrons. The van der Waals surface area contributed by atoms with E-state index in [1.54, 1.807) is 12.1 Å². The number of benzene rings is 4. The molecule has 43 heavy (non-hydrogen) atoms. The van der Waals surface area contributed by atoms with Gasteiger partial charge >= 0.3 is 0 Å². The number of unbranched alkanes of at least 4 members (excludes halogenated alkanes) is 1. The van der Waals surface area contributed by atoms with Crippen molar-refractivity contribution in [2.75, 3.05) is 13.3 Å². The Hall–Kier alpha value is -4.62. The molecule has 0 bridgehead atoms. The third-order valence-electron chi connectivity index (χ3n) is 7.65. The van der Waals surface area contributed by atoms with Crippen LogP contribution in [-0.2, 0) is 26.1 Å². The number of nitrogens with zero attached hydrogens (tertiary/aromatic N) is 3. The summed E-state index contributed by atoms with van der Waals surface area (Å²) in [5.74, 6) is 3.87. The van der Waals surface area contributed by atoms with E-state index in [2.05, 4.69) is 40.7 Å². The van der Waals surface area contributed by atoms with E-state index >= 15 is 0 Å². The van der Waals surface area contributed by atoms with Gasteiger partial charge in [0.15, 0.2) is 11.5 Å². The standard InChI is InChI=1S/C36H36FN3O3/c1-2-3-20-40-31(23-38-36(40)29-14-16-30(37)17-15-29)25-39(24-27-13-18-34-35(22-27)42-26-41-34)21-19-28-9-7-8-12-33(28)43-32-10-5-4-6-11-32/h4-18,22-23H,2-3,19-21,24-26H2,1H3. The molecule has 5 aromatic rings. The van der Waals surface area contributed by atoms with Gasteiger partial charge in [0.05, 0.1) is 11.9 Å². The van der Waals surface area contributed by atoms with Crippen LogP contribution in [0.1, 0.15) is 36.6 Å². The topological polar surface area (TPSA) is 48.8 Å². The number of hydrogen-bond donors (Lipinski definition) is 0. The maximum absolute atomic E-state index is 13.7. The van der Waals surface area contributed by atoms with Gasteiger partial charge < -0.3 is 18.8 Å². The van der Waals surface area contributed by atoms with Gasteiger partial charge in [0.1, 0.15) is 23.1 Å². The molecule has 1 aromatic heterocycles. The van der Waals surface area contributed by atoms with Crippen molar-refractivity contribution in [3.63, 3.8) is 0 Å². The fourth-order valence-electron chi connectivity index (χ4n) is 5.38. The number of hydrogen-bond acceptors (Lipinski definition) is 5. The van der Waals surface area contributed by atoms with Gasteiger partial charge in [-0.15, -0.1) is 0 Å². The van der Waals surface area contributed by atoms with E-state index in [9.17, 15) is 4.39 Å². The molecular weight excluding hydrogens is 541 g/mol. The molecule has 6 rings (SSSR count). The van der Waals surface area contributed by atoms with Crippen LogP contribution in [-0.4, -0.2) is 27.8 Å². The minimum absolute atomic E-state index is 0.248. The predicted molar refractivity (Wildman–Crippen MR) is 166 cm³/mol. The van der Waals surface area contributed by atoms with E-state index in [0.717, 1.165) is 90.1 Å². The molecule has 0 fully saturated rings. The minimum Gasteiger partial charge on any atom is -0.457 e. The summed E-state index contributed by atoms with van der Waals surface area (Å²) in [5.41, 5.74) is 4.34. The largest absolute Gasteiger partial charge is 0.457 e. The quantitative estimate of drug-likeness (QED) is 0.141. The van der Waals surface area contributed by atoms with Crippen LogP contribution in [0.2, 0.25) is 0 Å². The summed E-state index contributed by atoms with van der Waals surface area (Å²) < 4.78 is 33.4. The van der Waals surface area contributed by atoms with Crippen LogP contribution in [0.4, 0.5) is 4.39 Å². The second-order valence-electron chi connectivity index (χ2n) is 10.8. The first-order valence-corrected chi connectivity index (χ1v) is 14.9. The third kappa shape index (κ3) is 7.07. The van der Waals surface area contributed by atoms with Crippen molar-refractivity contribution in [1.29, 1.82) is 0 Å². The lowest BCUT2D eigenvalue weighted by atomic mass is 10.1. The van der Waals surface area contributed by atoms with Gasteiger partial charge in [-0.2, -0.15) is 0 Å². The Morgan fingerprint density at radius 2 is 1.67 bits per heavy atom. The normalized spacial score (nSPS) is 12.2. The van der Waals surface area contributed by atoms with Gasteiger partial charge in [0, 0.05) is 31.7 Å². The lowest BCUT2D eigenvalue weighted by Crippen LogP contribution is -2.27. The molecule has 2 heterocycles. The fourth-order valence-corrected chi connectivity index (χ4v) is 5.38. The fraction of sp³-hybridized carbons (Fsp3) is 0.250. The zero-order valence-electron chi connectivity index (χ0n) is 24.4. The minimum atomic E-state index is -0.248. The first-order chi connectivity index (χ1) is 21.2. The van der Waals surface area contributed by atoms with Crippen molar-refractivity contribution in [3.8, 4) is 34.4 Å². The van der Waals surface area contributed by atoms with E-state index in [0.29, 0.717) is 6.54 Å². The van der Waals surface area contributed by atoms with Crippen molar-refractivity contribution < 1.29 is 18.6 Å². The van der Waals surface area contributed by atoms with E-state index in [4.69, 9.17) is 19.2 Å². The SMILES string of the molecule is CCCCn1c(CN(CCc2ccccc2Oc2ccccc2)Cc2ccc3c(c2)OCO3)cnc1-c1ccc(F)cc1. The van der Waals surface area contributed by atoms with Crippen molar-refractivity contribution in [3.05, 3.63) is 126 Å². The lowest BCUT2D eigenvalue weighted by molar-refractivity contribution is 0.174. The summed E-state index contributed by atoms with van der Waals surface area (Å²) in [6.07, 6.45) is 4.87. The molecule has 0 unspecified atom stereocenters. The molecule has 1 aliphatic rings. The van der Waals surface area contributed by atoms with Gasteiger partial charge in [-0.1, -0.05) is 55.8 Å². The van der Waals surface area contributed by atoms with Crippen LogP contribution in [0.25, 0.3) is 11.4 Å². The lowest BCUT2D eigenvalue weighted by Gasteiger charge is -2.24. The van der Waals surface area contributed by atoms with Crippen LogP contribution < -0.4 is 14.2 Å². The summed E-state index contributed by atoms with van der Waals surface area (Å²) in [4.78, 5) is 7.25. The average molecular weight is 578 g/mol. The highest BCUT2D eigenvalue weighted by Gasteiger charge is 2.19. The number of imidazole rings is 1. The highest BCUT2D eigenvalue weighted by Crippen LogP contribution is 2.33. The number of halogens is 1. The van der Waals surface area contributed by atoms with Gasteiger partial charge in [0.25, 0.3) is 0 Å². The molecule has 0 saturated heterocycles. The molecule has 0 radical (unpaired) electrons. The van der Waals surface area contributed by atoms with Crippen LogP contribution in [0.15, 0.2) is 103 Å². The molecule has 4 aromatic carbocycles. The second kappa shape index (κ2) is 13.6. The van der Waals surface area contributed by atoms with Crippen molar-refractivity contribution in [2.45, 2.75) is 45.8 Å². The summed E-state index contributed by atoms with van der Waals surface area (Å²) in [5, 5.41) is 0. The summed E-state index contributed by atoms with van der Waals surface area (Å²) >= 11 is 0. The summed E-state index contributed by atoms with van der Waals surface area (Å²) in [6.45, 7) is 5.52. The van der Waals surface area contributed by atoms with Gasteiger partial charge in [-0.05, 0) is 78.6 Å². The molecule has 0 atom stereocenters. The molecule has 1 aliphatic heterocycles. The number of rotatable bonds is 13. The highest BCUT2D eigenvalue weighted by molar-refractivity contribution is 5.56. The molecule has 7 heteroatoms. The number of para-hydroxylation sites is 2. The second-order valence-corrected chi connectivity index (χ2v) is 10.8. The van der Waals surface area contributed by atoms with E-state index in [1.807, 2.05) is 54.7 Å². The zero-order valence-corrected chi connectivity index (χ0v) is 24.4. The highest BCUT2D eigenvalue weighted by atomic mass is 19.1. The Labute approximate surface area is 252 Å². The first-order valence-electron chi connectivity index (χ1n) is 14.9. The first kappa shape index (κ1) is 28.5. The molecule has 0 N–H and O–H groups in total. The zero-order chi connectivity index (χ0) is 29.4. The molecule has 0 aliphatic carbocycles. The van der Waals surface area contributed by atoms with Crippen molar-refractivity contribution >= 4 is 0 Å². The van der Waals surface area contributed by atoms with Crippen LogP contribution in [0.3, 0.4) is 0 Å². The monoisotopic (exact) mass is 577 g/mol. The maximum atomic E-state index is 13.7. The maximum Gasteiger partial charge on any atom is 0.231 e. The van der Waals surface area contributed by atoms with Gasteiger partial charge in [-0.25, -0.2) is 9.37 Å². The summed E-state index contributed by atoms with van der Waals surface area (Å²) in [6, 6.07) is 30.9. The van der Waals surface area contributed by atoms with E-state index < -0.39 is 0 Å². The Bertz CT molecular complexity index is 1640. The molecule has 0 saturated carbocycles. The Morgan fingerprint density at radius 3 is 2.51 bits per heavy atom. The molecule has 0 spiro atoms. The Balaban J connectivity index is 1.27. The average Bonchev–Trinajstić information content (AvgIpc) is 3.67. The number of fused-ring (bicyclic) bond motifs is 1. The predicted octanol–water partition coefficient (Wildman–Crippen LogP) is 8.26. The van der Waals surface area contributed by atoms with Crippen LogP contribution >= 0.6 is 0 Å². The van der Waals surface area contributed by atoms with Crippen molar-refractivity contribution in [1.82, 2.24) is 14.5 Å². The van der Waals surface area contributed by atoms with Gasteiger partial charge in [0.2, 0.25) is 6.79 Å². The van der Waals surface area contributed by atoms with Gasteiger partial charge in [-0.3, -0.25) is 4.90 Å². The van der Waals surface area contributed by atoms with Crippen LogP contribution in [0, 0.1) is 5.82 Å². The number of ether oxygens (including phenoxy) is 3. The summed E-state index contributed by atoms with van der Waals surface area (Å²) in [7, 11) is 0. The van der Waals surface area contributed by atoms with Crippen molar-refractivity contribution in [2.24, 2.45) is 0 Å². The molecule has 6 nitrogen and oxygen atoms in total. The van der Waals surface area contributed by atoms with Crippen LogP contribution in [0.5, 0.6) is 23.0 Å². The number of aromatic nitrogens is 2. The van der Waals surface area contributed by atoms with E-state index in [1.165, 1.54) is 12.1 Å². The Morgan fingerprint density at radius 1 is 0.884 bits per heavy atom. The van der Waals surface area contributed by atoms with E-state index in [-0.39, 0.29) is 12.6 Å². The third-order valence-corrected chi connectivity index (χ3v) is 7.65.